The molecule has 96 valence electrons. The van der Waals surface area contributed by atoms with Crippen LogP contribution in [0.1, 0.15) is 0 Å². The highest BCUT2D eigenvalue weighted by Crippen LogP contribution is 1.81. The quantitative estimate of drug-likeness (QED) is 0.722. The zero-order chi connectivity index (χ0) is 13.4. The molecule has 1 aliphatic heterocycles. The average molecular weight is 249 g/mol. The van der Waals surface area contributed by atoms with E-state index in [1.165, 1.54) is 0 Å². The van der Waals surface area contributed by atoms with Crippen LogP contribution in [0.5, 0.6) is 0 Å². The van der Waals surface area contributed by atoms with Crippen LogP contribution in [-0.4, -0.2) is 0 Å². The van der Waals surface area contributed by atoms with Crippen LogP contribution < -0.4 is 5.32 Å². The predicted molar refractivity (Wildman–Crippen MR) is 83.4 cm³/mol. The van der Waals surface area contributed by atoms with Gasteiger partial charge in [0.15, 0.2) is 0 Å². The maximum Gasteiger partial charge on any atom is 0.000442 e. The average Bonchev–Trinajstić information content (AvgIpc) is 2.85. The number of hydrogen-bond donors (Lipinski definition) is 1. The lowest BCUT2D eigenvalue weighted by Crippen LogP contribution is -1.87. The molecule has 1 N–H and O–H groups in total. The van der Waals surface area contributed by atoms with E-state index in [1.54, 1.807) is 0 Å². The van der Waals surface area contributed by atoms with E-state index >= 15 is 0 Å². The minimum absolute atomic E-state index is 1.88. The van der Waals surface area contributed by atoms with Crippen LogP contribution in [0, 0.1) is 0 Å². The molecule has 0 unspecified atom stereocenters. The third kappa shape index (κ3) is 10.3. The van der Waals surface area contributed by atoms with E-state index in [-0.39, 0.29) is 0 Å². The van der Waals surface area contributed by atoms with Gasteiger partial charge in [0, 0.05) is 12.4 Å². The Morgan fingerprint density at radius 2 is 0.579 bits per heavy atom. The van der Waals surface area contributed by atoms with Crippen LogP contribution in [0.15, 0.2) is 110 Å². The highest BCUT2D eigenvalue weighted by atomic mass is 14.8. The third-order valence-corrected chi connectivity index (χ3v) is 2.05. The lowest BCUT2D eigenvalue weighted by atomic mass is 10.4. The fourth-order valence-corrected chi connectivity index (χ4v) is 1.18. The SMILES string of the molecule is C1=CC=CNC=C1.c1ccccc1.c1ccccc1. The van der Waals surface area contributed by atoms with Gasteiger partial charge in [-0.15, -0.1) is 0 Å². The Labute approximate surface area is 115 Å². The van der Waals surface area contributed by atoms with Crippen molar-refractivity contribution in [3.05, 3.63) is 110 Å². The van der Waals surface area contributed by atoms with Gasteiger partial charge in [0.1, 0.15) is 0 Å². The first-order valence-electron chi connectivity index (χ1n) is 6.24. The second-order valence-electron chi connectivity index (χ2n) is 3.58. The first-order valence-corrected chi connectivity index (χ1v) is 6.24. The molecule has 0 aliphatic carbocycles. The van der Waals surface area contributed by atoms with E-state index in [4.69, 9.17) is 0 Å². The van der Waals surface area contributed by atoms with Gasteiger partial charge in [-0.3, -0.25) is 0 Å². The molecule has 0 atom stereocenters. The second kappa shape index (κ2) is 11.9. The van der Waals surface area contributed by atoms with Crippen LogP contribution in [0.3, 0.4) is 0 Å². The standard InChI is InChI=1S/C6H7N.2C6H6/c1-2-4-6-7-5-3-1;2*1-2-4-6-5-3-1/h1-7H;2*1-6H. The maximum atomic E-state index is 2.92. The van der Waals surface area contributed by atoms with Gasteiger partial charge in [-0.05, 0) is 12.2 Å². The summed E-state index contributed by atoms with van der Waals surface area (Å²) >= 11 is 0. The molecule has 1 aliphatic rings. The topological polar surface area (TPSA) is 12.0 Å². The van der Waals surface area contributed by atoms with Crippen molar-refractivity contribution in [2.24, 2.45) is 0 Å². The summed E-state index contributed by atoms with van der Waals surface area (Å²) in [4.78, 5) is 0. The molecule has 0 spiro atoms. The van der Waals surface area contributed by atoms with E-state index in [9.17, 15) is 0 Å². The van der Waals surface area contributed by atoms with Crippen molar-refractivity contribution in [2.45, 2.75) is 0 Å². The van der Waals surface area contributed by atoms with Gasteiger partial charge in [-0.2, -0.15) is 0 Å². The highest BCUT2D eigenvalue weighted by Gasteiger charge is 1.67. The van der Waals surface area contributed by atoms with Crippen LogP contribution >= 0.6 is 0 Å². The maximum absolute atomic E-state index is 2.92. The van der Waals surface area contributed by atoms with E-state index in [0.29, 0.717) is 0 Å². The van der Waals surface area contributed by atoms with Crippen molar-refractivity contribution in [1.82, 2.24) is 5.32 Å². The summed E-state index contributed by atoms with van der Waals surface area (Å²) in [7, 11) is 0. The van der Waals surface area contributed by atoms with Crippen molar-refractivity contribution in [2.75, 3.05) is 0 Å². The van der Waals surface area contributed by atoms with Crippen molar-refractivity contribution < 1.29 is 0 Å². The molecule has 3 rings (SSSR count). The van der Waals surface area contributed by atoms with Crippen molar-refractivity contribution in [3.63, 3.8) is 0 Å². The molecule has 1 heteroatoms. The van der Waals surface area contributed by atoms with Gasteiger partial charge in [0.05, 0.1) is 0 Å². The lowest BCUT2D eigenvalue weighted by Gasteiger charge is -1.79. The number of rotatable bonds is 0. The van der Waals surface area contributed by atoms with Crippen LogP contribution in [0.2, 0.25) is 0 Å². The minimum atomic E-state index is 1.88. The number of hydrogen-bond acceptors (Lipinski definition) is 1. The largest absolute Gasteiger partial charge is 0.368 e. The van der Waals surface area contributed by atoms with Gasteiger partial charge in [0.2, 0.25) is 0 Å². The number of benzene rings is 2. The minimum Gasteiger partial charge on any atom is -0.368 e. The first kappa shape index (κ1) is 14.5. The molecule has 0 saturated heterocycles. The summed E-state index contributed by atoms with van der Waals surface area (Å²) in [5.41, 5.74) is 0. The fraction of sp³-hybridized carbons (Fsp3) is 0. The van der Waals surface area contributed by atoms with Crippen molar-refractivity contribution >= 4 is 0 Å². The molecule has 2 aromatic carbocycles. The van der Waals surface area contributed by atoms with Crippen LogP contribution in [-0.2, 0) is 0 Å². The Hall–Kier alpha value is -2.54. The van der Waals surface area contributed by atoms with Crippen LogP contribution in [0.25, 0.3) is 0 Å². The Kier molecular flexibility index (Phi) is 9.12. The number of allylic oxidation sites excluding steroid dienone is 4. The summed E-state index contributed by atoms with van der Waals surface area (Å²) in [6, 6.07) is 24.0. The zero-order valence-corrected chi connectivity index (χ0v) is 10.9. The molecule has 2 aromatic rings. The lowest BCUT2D eigenvalue weighted by molar-refractivity contribution is 1.20. The molecule has 0 aromatic heterocycles. The smallest absolute Gasteiger partial charge is 0.000442 e. The molecule has 0 radical (unpaired) electrons. The van der Waals surface area contributed by atoms with Gasteiger partial charge in [-0.25, -0.2) is 0 Å². The molecule has 0 amide bonds. The van der Waals surface area contributed by atoms with Gasteiger partial charge in [-0.1, -0.05) is 84.9 Å². The van der Waals surface area contributed by atoms with Crippen LogP contribution in [0.4, 0.5) is 0 Å². The summed E-state index contributed by atoms with van der Waals surface area (Å²) < 4.78 is 0. The van der Waals surface area contributed by atoms with Gasteiger partial charge >= 0.3 is 0 Å². The third-order valence-electron chi connectivity index (χ3n) is 2.05. The van der Waals surface area contributed by atoms with E-state index < -0.39 is 0 Å². The Morgan fingerprint density at radius 1 is 0.316 bits per heavy atom. The molecule has 0 bridgehead atoms. The summed E-state index contributed by atoms with van der Waals surface area (Å²) in [5.74, 6) is 0. The first-order chi connectivity index (χ1) is 9.50. The fourth-order valence-electron chi connectivity index (χ4n) is 1.18. The van der Waals surface area contributed by atoms with E-state index in [1.807, 2.05) is 110 Å². The molecule has 1 heterocycles. The molecule has 0 fully saturated rings. The molecule has 0 saturated carbocycles. The molecular formula is C18H19N. The summed E-state index contributed by atoms with van der Waals surface area (Å²) in [5, 5.41) is 2.92. The molecule has 19 heavy (non-hydrogen) atoms. The zero-order valence-electron chi connectivity index (χ0n) is 10.9. The Balaban J connectivity index is 0.000000143. The Bertz CT molecular complexity index is 371. The highest BCUT2D eigenvalue weighted by molar-refractivity contribution is 5.14. The molecular weight excluding hydrogens is 230 g/mol. The van der Waals surface area contributed by atoms with Gasteiger partial charge < -0.3 is 5.32 Å². The summed E-state index contributed by atoms with van der Waals surface area (Å²) in [6.45, 7) is 0. The second-order valence-corrected chi connectivity index (χ2v) is 3.58. The van der Waals surface area contributed by atoms with E-state index in [2.05, 4.69) is 5.32 Å². The van der Waals surface area contributed by atoms with E-state index in [0.717, 1.165) is 0 Å². The summed E-state index contributed by atoms with van der Waals surface area (Å²) in [6.07, 6.45) is 11.6. The monoisotopic (exact) mass is 249 g/mol. The number of nitrogens with one attached hydrogen (secondary N) is 1. The predicted octanol–water partition coefficient (Wildman–Crippen LogP) is 4.55. The van der Waals surface area contributed by atoms with Crippen molar-refractivity contribution in [3.8, 4) is 0 Å². The molecule has 1 nitrogen and oxygen atoms in total. The van der Waals surface area contributed by atoms with Gasteiger partial charge in [0.25, 0.3) is 0 Å². The Morgan fingerprint density at radius 3 is 0.842 bits per heavy atom. The van der Waals surface area contributed by atoms with Crippen molar-refractivity contribution in [1.29, 1.82) is 0 Å². The normalized spacial score (nSPS) is 10.9.